The molecule has 1 amide bonds. The van der Waals surface area contributed by atoms with E-state index in [9.17, 15) is 17.6 Å². The molecule has 0 saturated heterocycles. The molecule has 180 valence electrons. The lowest BCUT2D eigenvalue weighted by Gasteiger charge is -2.13. The smallest absolute Gasteiger partial charge is 0.256 e. The summed E-state index contributed by atoms with van der Waals surface area (Å²) in [5.41, 5.74) is 3.45. The third-order valence-corrected chi connectivity index (χ3v) is 7.19. The molecule has 1 heterocycles. The average Bonchev–Trinajstić information content (AvgIpc) is 3.28. The van der Waals surface area contributed by atoms with Gasteiger partial charge in [-0.2, -0.15) is 5.10 Å². The molecule has 4 aromatic carbocycles. The van der Waals surface area contributed by atoms with Crippen LogP contribution in [0.25, 0.3) is 33.3 Å². The molecule has 36 heavy (non-hydrogen) atoms. The molecule has 9 heteroatoms. The minimum atomic E-state index is -3.55. The predicted molar refractivity (Wildman–Crippen MR) is 139 cm³/mol. The van der Waals surface area contributed by atoms with E-state index >= 15 is 0 Å². The number of carbonyl (C=O) groups is 1. The predicted octanol–water partition coefficient (Wildman–Crippen LogP) is 6.35. The molecule has 2 N–H and O–H groups in total. The fourth-order valence-electron chi connectivity index (χ4n) is 4.00. The summed E-state index contributed by atoms with van der Waals surface area (Å²) in [6.45, 7) is 0. The van der Waals surface area contributed by atoms with E-state index in [1.54, 1.807) is 24.3 Å². The number of carbonyl (C=O) groups excluding carboxylic acids is 1. The molecule has 5 aromatic rings. The SMILES string of the molecule is CS(=O)(=O)c1ccc(C(=O)Nc2ccc(Cl)c(-c3n[nH]c4ccccc34)c2)c(-c2cccc(F)c2)c1. The molecule has 1 aromatic heterocycles. The van der Waals surface area contributed by atoms with Crippen LogP contribution < -0.4 is 5.32 Å². The van der Waals surface area contributed by atoms with Crippen LogP contribution in [-0.4, -0.2) is 30.8 Å². The number of hydrogen-bond donors (Lipinski definition) is 2. The van der Waals surface area contributed by atoms with E-state index < -0.39 is 21.6 Å². The van der Waals surface area contributed by atoms with Gasteiger partial charge in [-0.1, -0.05) is 41.9 Å². The number of amides is 1. The van der Waals surface area contributed by atoms with Crippen molar-refractivity contribution >= 4 is 43.9 Å². The molecular formula is C27H19ClFN3O3S. The van der Waals surface area contributed by atoms with Gasteiger partial charge in [0.2, 0.25) is 0 Å². The molecule has 0 aliphatic heterocycles. The zero-order chi connectivity index (χ0) is 25.4. The number of rotatable bonds is 5. The Morgan fingerprint density at radius 2 is 1.75 bits per heavy atom. The molecule has 0 bridgehead atoms. The highest BCUT2D eigenvalue weighted by Crippen LogP contribution is 2.34. The molecule has 0 spiro atoms. The first-order chi connectivity index (χ1) is 17.2. The number of H-pyrrole nitrogens is 1. The van der Waals surface area contributed by atoms with Gasteiger partial charge in [0.05, 0.1) is 15.4 Å². The summed E-state index contributed by atoms with van der Waals surface area (Å²) < 4.78 is 38.2. The maximum absolute atomic E-state index is 14.0. The van der Waals surface area contributed by atoms with E-state index in [0.717, 1.165) is 17.2 Å². The van der Waals surface area contributed by atoms with Crippen molar-refractivity contribution in [1.29, 1.82) is 0 Å². The lowest BCUT2D eigenvalue weighted by Crippen LogP contribution is -2.14. The summed E-state index contributed by atoms with van der Waals surface area (Å²) in [4.78, 5) is 13.4. The van der Waals surface area contributed by atoms with Crippen molar-refractivity contribution in [3.05, 3.63) is 101 Å². The van der Waals surface area contributed by atoms with Crippen molar-refractivity contribution in [1.82, 2.24) is 10.2 Å². The van der Waals surface area contributed by atoms with Crippen LogP contribution in [0.2, 0.25) is 5.02 Å². The van der Waals surface area contributed by atoms with Gasteiger partial charge >= 0.3 is 0 Å². The van der Waals surface area contributed by atoms with Gasteiger partial charge in [0, 0.05) is 28.5 Å². The highest BCUT2D eigenvalue weighted by molar-refractivity contribution is 7.90. The summed E-state index contributed by atoms with van der Waals surface area (Å²) in [7, 11) is -3.55. The fourth-order valence-corrected chi connectivity index (χ4v) is 4.85. The highest BCUT2D eigenvalue weighted by Gasteiger charge is 2.19. The summed E-state index contributed by atoms with van der Waals surface area (Å²) in [6, 6.07) is 22.5. The van der Waals surface area contributed by atoms with Gasteiger partial charge in [-0.3, -0.25) is 9.89 Å². The van der Waals surface area contributed by atoms with E-state index in [4.69, 9.17) is 11.6 Å². The molecule has 0 aliphatic rings. The number of benzene rings is 4. The highest BCUT2D eigenvalue weighted by atomic mass is 35.5. The normalized spacial score (nSPS) is 11.5. The fraction of sp³-hybridized carbons (Fsp3) is 0.0370. The van der Waals surface area contributed by atoms with Gasteiger partial charge in [0.15, 0.2) is 9.84 Å². The number of aromatic nitrogens is 2. The maximum atomic E-state index is 14.0. The van der Waals surface area contributed by atoms with E-state index in [2.05, 4.69) is 15.5 Å². The van der Waals surface area contributed by atoms with Crippen molar-refractivity contribution in [3.63, 3.8) is 0 Å². The number of sulfone groups is 1. The number of fused-ring (bicyclic) bond motifs is 1. The first-order valence-electron chi connectivity index (χ1n) is 10.8. The Labute approximate surface area is 211 Å². The Morgan fingerprint density at radius 3 is 2.53 bits per heavy atom. The van der Waals surface area contributed by atoms with Crippen molar-refractivity contribution < 1.29 is 17.6 Å². The van der Waals surface area contributed by atoms with Crippen LogP contribution in [0.15, 0.2) is 89.8 Å². The van der Waals surface area contributed by atoms with Crippen LogP contribution in [0.3, 0.4) is 0 Å². The largest absolute Gasteiger partial charge is 0.322 e. The van der Waals surface area contributed by atoms with Crippen LogP contribution >= 0.6 is 11.6 Å². The second-order valence-electron chi connectivity index (χ2n) is 8.26. The lowest BCUT2D eigenvalue weighted by atomic mass is 9.99. The number of anilines is 1. The van der Waals surface area contributed by atoms with Gasteiger partial charge in [0.1, 0.15) is 11.5 Å². The summed E-state index contributed by atoms with van der Waals surface area (Å²) in [5, 5.41) is 11.5. The number of nitrogens with zero attached hydrogens (tertiary/aromatic N) is 1. The Balaban J connectivity index is 1.55. The number of para-hydroxylation sites is 1. The Morgan fingerprint density at radius 1 is 0.944 bits per heavy atom. The van der Waals surface area contributed by atoms with Gasteiger partial charge in [-0.25, -0.2) is 12.8 Å². The average molecular weight is 520 g/mol. The van der Waals surface area contributed by atoms with Crippen LogP contribution in [0, 0.1) is 5.82 Å². The number of hydrogen-bond acceptors (Lipinski definition) is 4. The first-order valence-corrected chi connectivity index (χ1v) is 13.1. The molecule has 0 unspecified atom stereocenters. The molecular weight excluding hydrogens is 501 g/mol. The minimum absolute atomic E-state index is 0.0255. The Hall–Kier alpha value is -4.01. The second kappa shape index (κ2) is 9.22. The third kappa shape index (κ3) is 4.60. The topological polar surface area (TPSA) is 91.9 Å². The van der Waals surface area contributed by atoms with E-state index in [0.29, 0.717) is 33.1 Å². The van der Waals surface area contributed by atoms with E-state index in [1.165, 1.54) is 36.4 Å². The van der Waals surface area contributed by atoms with Crippen molar-refractivity contribution in [2.45, 2.75) is 4.90 Å². The van der Waals surface area contributed by atoms with Crippen molar-refractivity contribution in [2.24, 2.45) is 0 Å². The summed E-state index contributed by atoms with van der Waals surface area (Å²) >= 11 is 6.46. The first kappa shape index (κ1) is 23.7. The molecule has 0 atom stereocenters. The third-order valence-electron chi connectivity index (χ3n) is 5.75. The minimum Gasteiger partial charge on any atom is -0.322 e. The standard InChI is InChI=1S/C27H19ClFN3O3S/c1-36(34,35)19-10-11-20(22(15-19)16-5-4-6-17(29)13-16)27(33)30-18-9-12-24(28)23(14-18)26-21-7-2-3-8-25(21)31-32-26/h2-15H,1H3,(H,30,33)(H,31,32). The Kier molecular flexibility index (Phi) is 6.07. The molecule has 0 fully saturated rings. The second-order valence-corrected chi connectivity index (χ2v) is 10.7. The molecule has 0 radical (unpaired) electrons. The number of aromatic amines is 1. The quantitative estimate of drug-likeness (QED) is 0.283. The van der Waals surface area contributed by atoms with E-state index in [-0.39, 0.29) is 10.5 Å². The molecule has 0 saturated carbocycles. The van der Waals surface area contributed by atoms with Gasteiger partial charge in [0.25, 0.3) is 5.91 Å². The lowest BCUT2D eigenvalue weighted by molar-refractivity contribution is 0.102. The zero-order valence-corrected chi connectivity index (χ0v) is 20.5. The van der Waals surface area contributed by atoms with Gasteiger partial charge < -0.3 is 5.32 Å². The van der Waals surface area contributed by atoms with E-state index in [1.807, 2.05) is 24.3 Å². The summed E-state index contributed by atoms with van der Waals surface area (Å²) in [6.07, 6.45) is 1.07. The van der Waals surface area contributed by atoms with Crippen LogP contribution in [0.1, 0.15) is 10.4 Å². The molecule has 5 rings (SSSR count). The Bertz CT molecular complexity index is 1750. The molecule has 6 nitrogen and oxygen atoms in total. The van der Waals surface area contributed by atoms with Gasteiger partial charge in [-0.05, 0) is 65.7 Å². The van der Waals surface area contributed by atoms with Crippen LogP contribution in [0.5, 0.6) is 0 Å². The van der Waals surface area contributed by atoms with Crippen LogP contribution in [-0.2, 0) is 9.84 Å². The zero-order valence-electron chi connectivity index (χ0n) is 18.9. The van der Waals surface area contributed by atoms with Crippen LogP contribution in [0.4, 0.5) is 10.1 Å². The van der Waals surface area contributed by atoms with Gasteiger partial charge in [-0.15, -0.1) is 0 Å². The summed E-state index contributed by atoms with van der Waals surface area (Å²) in [5.74, 6) is -0.994. The number of nitrogens with one attached hydrogen (secondary N) is 2. The number of halogens is 2. The molecule has 0 aliphatic carbocycles. The van der Waals surface area contributed by atoms with Crippen molar-refractivity contribution in [2.75, 3.05) is 11.6 Å². The maximum Gasteiger partial charge on any atom is 0.256 e. The monoisotopic (exact) mass is 519 g/mol. The van der Waals surface area contributed by atoms with Crippen molar-refractivity contribution in [3.8, 4) is 22.4 Å².